The van der Waals surface area contributed by atoms with Crippen molar-refractivity contribution < 1.29 is 19.5 Å². The van der Waals surface area contributed by atoms with Crippen LogP contribution in [0.2, 0.25) is 5.02 Å². The Kier molecular flexibility index (Phi) is 6.37. The summed E-state index contributed by atoms with van der Waals surface area (Å²) >= 11 is 5.87. The molecule has 0 fully saturated rings. The number of nitrogens with zero attached hydrogens (tertiary/aromatic N) is 2. The molecule has 1 aliphatic heterocycles. The zero-order valence-corrected chi connectivity index (χ0v) is 18.0. The highest BCUT2D eigenvalue weighted by molar-refractivity contribution is 6.30. The van der Waals surface area contributed by atoms with Crippen LogP contribution in [0.5, 0.6) is 0 Å². The normalized spacial score (nSPS) is 15.2. The SMILES string of the molecule is O=C(O)CN1C(=O)[C@H](NC(=O)Nc2ccc(Cl)cc2)N=C(c2ccccc2)c2ccccc21. The maximum Gasteiger partial charge on any atom is 0.323 e. The number of hydrogen-bond acceptors (Lipinski definition) is 4. The van der Waals surface area contributed by atoms with Crippen molar-refractivity contribution in [1.82, 2.24) is 5.32 Å². The Morgan fingerprint density at radius 1 is 0.970 bits per heavy atom. The molecule has 0 saturated carbocycles. The second-order valence-electron chi connectivity index (χ2n) is 7.19. The number of aliphatic carboxylic acids is 1. The molecule has 3 aromatic rings. The predicted molar refractivity (Wildman–Crippen MR) is 126 cm³/mol. The summed E-state index contributed by atoms with van der Waals surface area (Å²) < 4.78 is 0. The van der Waals surface area contributed by atoms with Crippen LogP contribution in [0, 0.1) is 0 Å². The van der Waals surface area contributed by atoms with Crippen LogP contribution in [0.1, 0.15) is 11.1 Å². The van der Waals surface area contributed by atoms with Crippen LogP contribution in [0.3, 0.4) is 0 Å². The molecule has 1 heterocycles. The van der Waals surface area contributed by atoms with Gasteiger partial charge in [-0.1, -0.05) is 60.1 Å². The lowest BCUT2D eigenvalue weighted by Gasteiger charge is -2.23. The Balaban J connectivity index is 1.73. The third kappa shape index (κ3) is 5.02. The van der Waals surface area contributed by atoms with Crippen molar-refractivity contribution in [2.24, 2.45) is 4.99 Å². The van der Waals surface area contributed by atoms with E-state index in [-0.39, 0.29) is 0 Å². The van der Waals surface area contributed by atoms with Crippen molar-refractivity contribution in [3.05, 3.63) is 95.0 Å². The van der Waals surface area contributed by atoms with Crippen molar-refractivity contribution in [3.63, 3.8) is 0 Å². The summed E-state index contributed by atoms with van der Waals surface area (Å²) in [6, 6.07) is 21.9. The first-order valence-corrected chi connectivity index (χ1v) is 10.4. The monoisotopic (exact) mass is 462 g/mol. The van der Waals surface area contributed by atoms with Gasteiger partial charge in [-0.05, 0) is 30.3 Å². The van der Waals surface area contributed by atoms with Gasteiger partial charge in [0.1, 0.15) is 6.54 Å². The number of amides is 3. The molecular weight excluding hydrogens is 444 g/mol. The van der Waals surface area contributed by atoms with Crippen molar-refractivity contribution in [3.8, 4) is 0 Å². The molecule has 4 rings (SSSR count). The van der Waals surface area contributed by atoms with Crippen LogP contribution >= 0.6 is 11.6 Å². The van der Waals surface area contributed by atoms with Gasteiger partial charge in [-0.3, -0.25) is 14.5 Å². The van der Waals surface area contributed by atoms with Crippen molar-refractivity contribution in [2.75, 3.05) is 16.8 Å². The van der Waals surface area contributed by atoms with Crippen molar-refractivity contribution in [2.45, 2.75) is 6.17 Å². The topological polar surface area (TPSA) is 111 Å². The van der Waals surface area contributed by atoms with Gasteiger partial charge in [-0.15, -0.1) is 0 Å². The van der Waals surface area contributed by atoms with Crippen molar-refractivity contribution in [1.29, 1.82) is 0 Å². The Hall–Kier alpha value is -4.17. The Bertz CT molecular complexity index is 1230. The van der Waals surface area contributed by atoms with E-state index in [1.807, 2.05) is 30.3 Å². The molecule has 0 spiro atoms. The Morgan fingerprint density at radius 3 is 2.33 bits per heavy atom. The largest absolute Gasteiger partial charge is 0.480 e. The highest BCUT2D eigenvalue weighted by Gasteiger charge is 2.34. The van der Waals surface area contributed by atoms with E-state index in [4.69, 9.17) is 11.6 Å². The number of rotatable bonds is 5. The zero-order valence-electron chi connectivity index (χ0n) is 17.2. The van der Waals surface area contributed by atoms with Gasteiger partial charge >= 0.3 is 12.0 Å². The van der Waals surface area contributed by atoms with Crippen LogP contribution < -0.4 is 15.5 Å². The number of hydrogen-bond donors (Lipinski definition) is 3. The summed E-state index contributed by atoms with van der Waals surface area (Å²) in [5.74, 6) is -1.85. The summed E-state index contributed by atoms with van der Waals surface area (Å²) in [7, 11) is 0. The quantitative estimate of drug-likeness (QED) is 0.536. The number of halogens is 1. The molecule has 9 heteroatoms. The lowest BCUT2D eigenvalue weighted by atomic mass is 10.0. The van der Waals surface area contributed by atoms with Crippen LogP contribution in [-0.4, -0.2) is 41.4 Å². The number of carboxylic acid groups (broad SMARTS) is 1. The highest BCUT2D eigenvalue weighted by atomic mass is 35.5. The molecule has 3 N–H and O–H groups in total. The van der Waals surface area contributed by atoms with E-state index in [1.54, 1.807) is 48.5 Å². The molecular formula is C24H19ClN4O4. The number of fused-ring (bicyclic) bond motifs is 1. The van der Waals surface area contributed by atoms with E-state index in [2.05, 4.69) is 15.6 Å². The zero-order chi connectivity index (χ0) is 23.4. The lowest BCUT2D eigenvalue weighted by Crippen LogP contribution is -2.49. The minimum atomic E-state index is -1.35. The number of para-hydroxylation sites is 1. The van der Waals surface area contributed by atoms with Crippen molar-refractivity contribution >= 4 is 46.6 Å². The lowest BCUT2D eigenvalue weighted by molar-refractivity contribution is -0.136. The van der Waals surface area contributed by atoms with Gasteiger partial charge in [0, 0.05) is 21.8 Å². The molecule has 1 aliphatic rings. The van der Waals surface area contributed by atoms with E-state index in [0.717, 1.165) is 10.5 Å². The van der Waals surface area contributed by atoms with Gasteiger partial charge < -0.3 is 15.7 Å². The molecule has 0 saturated heterocycles. The summed E-state index contributed by atoms with van der Waals surface area (Å²) in [5.41, 5.74) is 2.63. The predicted octanol–water partition coefficient (Wildman–Crippen LogP) is 3.76. The second-order valence-corrected chi connectivity index (χ2v) is 7.62. The summed E-state index contributed by atoms with van der Waals surface area (Å²) in [6.07, 6.45) is -1.35. The number of aliphatic imine (C=N–C) groups is 1. The number of carbonyl (C=O) groups excluding carboxylic acids is 2. The fraction of sp³-hybridized carbons (Fsp3) is 0.0833. The average Bonchev–Trinajstić information content (AvgIpc) is 2.92. The average molecular weight is 463 g/mol. The van der Waals surface area contributed by atoms with E-state index in [9.17, 15) is 19.5 Å². The fourth-order valence-electron chi connectivity index (χ4n) is 3.47. The molecule has 166 valence electrons. The molecule has 1 atom stereocenters. The number of carbonyl (C=O) groups is 3. The number of anilines is 2. The third-order valence-electron chi connectivity index (χ3n) is 4.92. The molecule has 3 aromatic carbocycles. The van der Waals surface area contributed by atoms with Gasteiger partial charge in [0.15, 0.2) is 0 Å². The number of benzodiazepines with no additional fused rings is 1. The minimum absolute atomic E-state index is 0.398. The second kappa shape index (κ2) is 9.54. The first kappa shape index (κ1) is 22.0. The highest BCUT2D eigenvalue weighted by Crippen LogP contribution is 2.28. The minimum Gasteiger partial charge on any atom is -0.480 e. The number of carboxylic acids is 1. The van der Waals surface area contributed by atoms with Crippen LogP contribution in [0.25, 0.3) is 0 Å². The summed E-state index contributed by atoms with van der Waals surface area (Å²) in [5, 5.41) is 15.1. The van der Waals surface area contributed by atoms with Gasteiger partial charge in [0.05, 0.1) is 11.4 Å². The van der Waals surface area contributed by atoms with Gasteiger partial charge in [0.25, 0.3) is 5.91 Å². The molecule has 0 bridgehead atoms. The number of nitrogens with one attached hydrogen (secondary N) is 2. The van der Waals surface area contributed by atoms with Crippen LogP contribution in [-0.2, 0) is 9.59 Å². The maximum atomic E-state index is 13.3. The first-order chi connectivity index (χ1) is 15.9. The fourth-order valence-corrected chi connectivity index (χ4v) is 3.60. The smallest absolute Gasteiger partial charge is 0.323 e. The maximum absolute atomic E-state index is 13.3. The molecule has 0 aliphatic carbocycles. The molecule has 0 aromatic heterocycles. The van der Waals surface area contributed by atoms with E-state index < -0.39 is 30.6 Å². The Labute approximate surface area is 194 Å². The van der Waals surface area contributed by atoms with E-state index in [1.165, 1.54) is 0 Å². The van der Waals surface area contributed by atoms with E-state index >= 15 is 0 Å². The number of benzene rings is 3. The molecule has 3 amide bonds. The molecule has 8 nitrogen and oxygen atoms in total. The van der Waals surface area contributed by atoms with Gasteiger partial charge in [-0.2, -0.15) is 0 Å². The van der Waals surface area contributed by atoms with Crippen LogP contribution in [0.15, 0.2) is 83.9 Å². The van der Waals surface area contributed by atoms with Gasteiger partial charge in [0.2, 0.25) is 6.17 Å². The Morgan fingerprint density at radius 2 is 1.64 bits per heavy atom. The van der Waals surface area contributed by atoms with Gasteiger partial charge in [-0.25, -0.2) is 9.79 Å². The molecule has 0 radical (unpaired) electrons. The van der Waals surface area contributed by atoms with E-state index in [0.29, 0.717) is 27.7 Å². The summed E-state index contributed by atoms with van der Waals surface area (Å²) in [4.78, 5) is 43.2. The molecule has 33 heavy (non-hydrogen) atoms. The van der Waals surface area contributed by atoms with Crippen LogP contribution in [0.4, 0.5) is 16.2 Å². The third-order valence-corrected chi connectivity index (χ3v) is 5.17. The first-order valence-electron chi connectivity index (χ1n) is 10.0. The standard InChI is InChI=1S/C24H19ClN4O4/c25-16-10-12-17(13-11-16)26-24(33)28-22-23(32)29(14-20(30)31)19-9-5-4-8-18(19)21(27-22)15-6-2-1-3-7-15/h1-13,22H,14H2,(H,30,31)(H2,26,28,33)/t22-/m0/s1. The summed E-state index contributed by atoms with van der Waals surface area (Å²) in [6.45, 7) is -0.579. The molecule has 0 unspecified atom stereocenters. The number of urea groups is 1.